The zero-order valence-corrected chi connectivity index (χ0v) is 12.0. The summed E-state index contributed by atoms with van der Waals surface area (Å²) in [4.78, 5) is 29.6. The summed E-state index contributed by atoms with van der Waals surface area (Å²) in [5.41, 5.74) is 0. The Labute approximate surface area is 117 Å². The number of carbonyl (C=O) groups is 3. The second-order valence-electron chi connectivity index (χ2n) is 5.34. The zero-order valence-electron chi connectivity index (χ0n) is 12.0. The van der Waals surface area contributed by atoms with Crippen molar-refractivity contribution in [3.63, 3.8) is 0 Å². The summed E-state index contributed by atoms with van der Waals surface area (Å²) in [7, 11) is 6.11. The van der Waals surface area contributed by atoms with Crippen molar-refractivity contribution in [2.24, 2.45) is 0 Å². The molecule has 8 nitrogen and oxygen atoms in total. The number of aliphatic hydroxyl groups excluding tert-OH is 1. The molecule has 118 valence electrons. The summed E-state index contributed by atoms with van der Waals surface area (Å²) < 4.78 is 0.813. The molecule has 0 rings (SSSR count). The van der Waals surface area contributed by atoms with E-state index in [-0.39, 0.29) is 6.42 Å². The highest BCUT2D eigenvalue weighted by Crippen LogP contribution is 1.96. The Kier molecular flexibility index (Phi) is 10.5. The lowest BCUT2D eigenvalue weighted by molar-refractivity contribution is -0.870. The van der Waals surface area contributed by atoms with E-state index in [1.807, 2.05) is 21.1 Å². The van der Waals surface area contributed by atoms with Crippen molar-refractivity contribution < 1.29 is 39.3 Å². The Morgan fingerprint density at radius 2 is 1.45 bits per heavy atom. The summed E-state index contributed by atoms with van der Waals surface area (Å²) in [6.45, 7) is 0.883. The minimum atomic E-state index is -1.28. The first-order valence-corrected chi connectivity index (χ1v) is 6.06. The molecule has 0 aromatic heterocycles. The van der Waals surface area contributed by atoms with Crippen molar-refractivity contribution in [1.29, 1.82) is 0 Å². The van der Waals surface area contributed by atoms with Crippen LogP contribution in [-0.4, -0.2) is 71.5 Å². The standard InChI is InChI=1S/C7H15NO2.C5H8O5/c1-8(2,3)6-4-5-7(9)10;6-3(1-4(7)8)2-5(9)10/h4-6H2,1-3H3;3,6H,1-2H2,(H,7,8)(H,9,10). The fraction of sp³-hybridized carbons (Fsp3) is 0.750. The van der Waals surface area contributed by atoms with Crippen LogP contribution in [0.2, 0.25) is 0 Å². The molecule has 0 bridgehead atoms. The predicted octanol–water partition coefficient (Wildman–Crippen LogP) is -1.48. The van der Waals surface area contributed by atoms with Gasteiger partial charge in [-0.05, 0) is 6.42 Å². The Hall–Kier alpha value is -1.67. The van der Waals surface area contributed by atoms with Crippen molar-refractivity contribution in [1.82, 2.24) is 0 Å². The topological polar surface area (TPSA) is 135 Å². The molecule has 0 amide bonds. The van der Waals surface area contributed by atoms with Gasteiger partial charge in [-0.3, -0.25) is 9.59 Å². The first kappa shape index (κ1) is 20.6. The van der Waals surface area contributed by atoms with E-state index in [0.29, 0.717) is 6.42 Å². The lowest BCUT2D eigenvalue weighted by Gasteiger charge is -2.23. The molecule has 20 heavy (non-hydrogen) atoms. The van der Waals surface area contributed by atoms with Gasteiger partial charge in [0.1, 0.15) is 0 Å². The number of quaternary nitrogens is 1. The van der Waals surface area contributed by atoms with Crippen LogP contribution in [-0.2, 0) is 14.4 Å². The molecule has 0 spiro atoms. The maximum Gasteiger partial charge on any atom is 0.305 e. The molecule has 0 aromatic carbocycles. The molecular weight excluding hydrogens is 270 g/mol. The van der Waals surface area contributed by atoms with E-state index < -0.39 is 36.9 Å². The average molecular weight is 293 g/mol. The van der Waals surface area contributed by atoms with Gasteiger partial charge in [-0.1, -0.05) is 0 Å². The number of carboxylic acids is 3. The molecule has 0 aromatic rings. The smallest absolute Gasteiger partial charge is 0.305 e. The van der Waals surface area contributed by atoms with Crippen molar-refractivity contribution in [3.8, 4) is 0 Å². The van der Waals surface area contributed by atoms with Crippen LogP contribution >= 0.6 is 0 Å². The highest BCUT2D eigenvalue weighted by atomic mass is 16.4. The Balaban J connectivity index is 0. The summed E-state index contributed by atoms with van der Waals surface area (Å²) in [6.07, 6.45) is -1.45. The Morgan fingerprint density at radius 1 is 1.05 bits per heavy atom. The summed E-state index contributed by atoms with van der Waals surface area (Å²) in [5, 5.41) is 34.7. The third-order valence-corrected chi connectivity index (χ3v) is 2.03. The molecule has 0 atom stereocenters. The summed E-state index contributed by atoms with van der Waals surface area (Å²) in [5.74, 6) is -3.35. The lowest BCUT2D eigenvalue weighted by atomic mass is 10.2. The Bertz CT molecular complexity index is 306. The quantitative estimate of drug-likeness (QED) is 0.464. The fourth-order valence-electron chi connectivity index (χ4n) is 1.17. The molecule has 8 heteroatoms. The van der Waals surface area contributed by atoms with E-state index in [2.05, 4.69) is 0 Å². The number of aliphatic carboxylic acids is 3. The molecule has 0 saturated carbocycles. The first-order valence-electron chi connectivity index (χ1n) is 6.06. The largest absolute Gasteiger partial charge is 0.550 e. The molecule has 0 unspecified atom stereocenters. The summed E-state index contributed by atoms with van der Waals surface area (Å²) in [6, 6.07) is 0. The van der Waals surface area contributed by atoms with Crippen LogP contribution in [0.15, 0.2) is 0 Å². The van der Waals surface area contributed by atoms with Gasteiger partial charge in [0.15, 0.2) is 0 Å². The maximum atomic E-state index is 9.97. The monoisotopic (exact) mass is 293 g/mol. The van der Waals surface area contributed by atoms with Gasteiger partial charge in [-0.15, -0.1) is 0 Å². The van der Waals surface area contributed by atoms with Crippen LogP contribution < -0.4 is 5.11 Å². The lowest BCUT2D eigenvalue weighted by Crippen LogP contribution is -2.36. The van der Waals surface area contributed by atoms with E-state index in [0.717, 1.165) is 11.0 Å². The number of carbonyl (C=O) groups excluding carboxylic acids is 1. The minimum absolute atomic E-state index is 0.176. The molecule has 3 N–H and O–H groups in total. The van der Waals surface area contributed by atoms with Gasteiger partial charge < -0.3 is 29.7 Å². The summed E-state index contributed by atoms with van der Waals surface area (Å²) >= 11 is 0. The van der Waals surface area contributed by atoms with Gasteiger partial charge in [-0.2, -0.15) is 0 Å². The van der Waals surface area contributed by atoms with Crippen molar-refractivity contribution in [2.45, 2.75) is 31.8 Å². The third kappa shape index (κ3) is 21.6. The minimum Gasteiger partial charge on any atom is -0.550 e. The third-order valence-electron chi connectivity index (χ3n) is 2.03. The van der Waals surface area contributed by atoms with E-state index in [9.17, 15) is 19.5 Å². The maximum absolute atomic E-state index is 9.97. The van der Waals surface area contributed by atoms with Crippen molar-refractivity contribution in [3.05, 3.63) is 0 Å². The highest BCUT2D eigenvalue weighted by molar-refractivity contribution is 5.71. The number of hydrogen-bond acceptors (Lipinski definition) is 5. The van der Waals surface area contributed by atoms with Crippen LogP contribution in [0.1, 0.15) is 25.7 Å². The van der Waals surface area contributed by atoms with E-state index in [1.165, 1.54) is 0 Å². The van der Waals surface area contributed by atoms with E-state index >= 15 is 0 Å². The molecule has 0 fully saturated rings. The fourth-order valence-corrected chi connectivity index (χ4v) is 1.17. The Morgan fingerprint density at radius 3 is 1.70 bits per heavy atom. The molecule has 0 aliphatic rings. The van der Waals surface area contributed by atoms with Crippen LogP contribution in [0.25, 0.3) is 0 Å². The van der Waals surface area contributed by atoms with Gasteiger partial charge in [0.05, 0.1) is 46.6 Å². The molecular formula is C12H23NO7. The predicted molar refractivity (Wildman–Crippen MR) is 67.7 cm³/mol. The number of rotatable bonds is 8. The number of nitrogens with zero attached hydrogens (tertiary/aromatic N) is 1. The number of carboxylic acid groups (broad SMARTS) is 3. The van der Waals surface area contributed by atoms with Gasteiger partial charge in [-0.25, -0.2) is 0 Å². The highest BCUT2D eigenvalue weighted by Gasteiger charge is 2.12. The second kappa shape index (κ2) is 10.2. The van der Waals surface area contributed by atoms with Crippen LogP contribution in [0, 0.1) is 0 Å². The van der Waals surface area contributed by atoms with Crippen LogP contribution in [0.3, 0.4) is 0 Å². The SMILES string of the molecule is C[N+](C)(C)CCCC(=O)[O-].O=C(O)CC(O)CC(=O)O. The average Bonchev–Trinajstić information content (AvgIpc) is 2.11. The van der Waals surface area contributed by atoms with Gasteiger partial charge in [0.2, 0.25) is 0 Å². The van der Waals surface area contributed by atoms with Crippen molar-refractivity contribution >= 4 is 17.9 Å². The van der Waals surface area contributed by atoms with Crippen LogP contribution in [0.5, 0.6) is 0 Å². The van der Waals surface area contributed by atoms with Gasteiger partial charge in [0, 0.05) is 12.4 Å². The number of aliphatic hydroxyl groups is 1. The molecule has 0 radical (unpaired) electrons. The molecule has 0 heterocycles. The van der Waals surface area contributed by atoms with Gasteiger partial charge >= 0.3 is 11.9 Å². The molecule has 0 aliphatic heterocycles. The molecule has 0 aliphatic carbocycles. The van der Waals surface area contributed by atoms with E-state index in [4.69, 9.17) is 15.3 Å². The second-order valence-corrected chi connectivity index (χ2v) is 5.34. The van der Waals surface area contributed by atoms with Crippen molar-refractivity contribution in [2.75, 3.05) is 27.7 Å². The first-order chi connectivity index (χ1) is 8.94. The number of hydrogen-bond donors (Lipinski definition) is 3. The van der Waals surface area contributed by atoms with E-state index in [1.54, 1.807) is 0 Å². The molecule has 0 saturated heterocycles. The normalized spacial score (nSPS) is 10.7. The van der Waals surface area contributed by atoms with Crippen LogP contribution in [0.4, 0.5) is 0 Å². The zero-order chi connectivity index (χ0) is 16.3. The van der Waals surface area contributed by atoms with Gasteiger partial charge in [0.25, 0.3) is 0 Å².